The van der Waals surface area contributed by atoms with Gasteiger partial charge in [-0.2, -0.15) is 0 Å². The van der Waals surface area contributed by atoms with Crippen molar-refractivity contribution in [3.8, 4) is 0 Å². The van der Waals surface area contributed by atoms with E-state index in [2.05, 4.69) is 37.2 Å². The number of nitrogens with zero attached hydrogens (tertiary/aromatic N) is 1. The number of hydrogen-bond donors (Lipinski definition) is 1. The third kappa shape index (κ3) is 3.58. The Balaban J connectivity index is 2.57. The Bertz CT molecular complexity index is 296. The minimum absolute atomic E-state index is 0.400. The van der Waals surface area contributed by atoms with Crippen LogP contribution in [0.15, 0.2) is 11.4 Å². The zero-order valence-corrected chi connectivity index (χ0v) is 11.5. The molecule has 16 heavy (non-hydrogen) atoms. The van der Waals surface area contributed by atoms with Gasteiger partial charge in [0.25, 0.3) is 0 Å². The van der Waals surface area contributed by atoms with Gasteiger partial charge in [0.2, 0.25) is 0 Å². The minimum Gasteiger partial charge on any atom is -0.329 e. The van der Waals surface area contributed by atoms with Crippen molar-refractivity contribution in [3.05, 3.63) is 21.9 Å². The van der Waals surface area contributed by atoms with E-state index in [1.165, 1.54) is 29.7 Å². The minimum atomic E-state index is 0.400. The van der Waals surface area contributed by atoms with Crippen molar-refractivity contribution in [3.63, 3.8) is 0 Å². The van der Waals surface area contributed by atoms with Crippen LogP contribution in [0.1, 0.15) is 42.7 Å². The largest absolute Gasteiger partial charge is 0.329 e. The Kier molecular flexibility index (Phi) is 6.03. The van der Waals surface area contributed by atoms with Crippen LogP contribution in [0, 0.1) is 6.92 Å². The Morgan fingerprint density at radius 3 is 2.69 bits per heavy atom. The second-order valence-electron chi connectivity index (χ2n) is 4.41. The summed E-state index contributed by atoms with van der Waals surface area (Å²) < 4.78 is 0. The van der Waals surface area contributed by atoms with Gasteiger partial charge >= 0.3 is 0 Å². The highest BCUT2D eigenvalue weighted by molar-refractivity contribution is 7.10. The molecular formula is C13H24N2S. The molecule has 2 nitrogen and oxygen atoms in total. The van der Waals surface area contributed by atoms with Gasteiger partial charge in [-0.25, -0.2) is 0 Å². The van der Waals surface area contributed by atoms with Gasteiger partial charge in [0.15, 0.2) is 0 Å². The Morgan fingerprint density at radius 1 is 1.44 bits per heavy atom. The summed E-state index contributed by atoms with van der Waals surface area (Å²) in [6.07, 6.45) is 3.86. The van der Waals surface area contributed by atoms with Gasteiger partial charge in [-0.15, -0.1) is 11.3 Å². The molecule has 2 N–H and O–H groups in total. The number of likely N-dealkylation sites (N-methyl/N-ethyl adjacent to an activating group) is 1. The van der Waals surface area contributed by atoms with Crippen molar-refractivity contribution < 1.29 is 0 Å². The molecule has 0 saturated heterocycles. The maximum atomic E-state index is 5.90. The third-order valence-electron chi connectivity index (χ3n) is 3.07. The monoisotopic (exact) mass is 240 g/mol. The lowest BCUT2D eigenvalue weighted by Crippen LogP contribution is -2.31. The molecule has 1 atom stereocenters. The fourth-order valence-electron chi connectivity index (χ4n) is 1.98. The standard InChI is InChI=1S/C13H24N2S/c1-4-5-6-8-15(3)12(10-14)13-11(2)7-9-16-13/h7,9,12H,4-6,8,10,14H2,1-3H3. The second kappa shape index (κ2) is 7.05. The lowest BCUT2D eigenvalue weighted by molar-refractivity contribution is 0.247. The van der Waals surface area contributed by atoms with Gasteiger partial charge in [0, 0.05) is 11.4 Å². The fourth-order valence-corrected chi connectivity index (χ4v) is 3.09. The van der Waals surface area contributed by atoms with Gasteiger partial charge in [-0.3, -0.25) is 4.90 Å². The highest BCUT2D eigenvalue weighted by Crippen LogP contribution is 2.27. The summed E-state index contributed by atoms with van der Waals surface area (Å²) in [4.78, 5) is 3.83. The summed E-state index contributed by atoms with van der Waals surface area (Å²) in [5.74, 6) is 0. The molecule has 1 aromatic rings. The van der Waals surface area contributed by atoms with Crippen LogP contribution in [-0.2, 0) is 0 Å². The number of nitrogens with two attached hydrogens (primary N) is 1. The quantitative estimate of drug-likeness (QED) is 0.742. The van der Waals surface area contributed by atoms with E-state index in [9.17, 15) is 0 Å². The molecule has 0 aliphatic heterocycles. The molecule has 0 radical (unpaired) electrons. The molecule has 3 heteroatoms. The molecule has 0 spiro atoms. The number of aryl methyl sites for hydroxylation is 1. The Morgan fingerprint density at radius 2 is 2.19 bits per heavy atom. The maximum Gasteiger partial charge on any atom is 0.0564 e. The topological polar surface area (TPSA) is 29.3 Å². The molecule has 0 aromatic carbocycles. The average Bonchev–Trinajstić information content (AvgIpc) is 2.67. The normalized spacial score (nSPS) is 13.3. The van der Waals surface area contributed by atoms with Crippen molar-refractivity contribution in [2.24, 2.45) is 5.73 Å². The van der Waals surface area contributed by atoms with Crippen molar-refractivity contribution in [2.75, 3.05) is 20.1 Å². The summed E-state index contributed by atoms with van der Waals surface area (Å²) in [5, 5.41) is 2.16. The number of unbranched alkanes of at least 4 members (excludes halogenated alkanes) is 2. The van der Waals surface area contributed by atoms with Crippen molar-refractivity contribution in [2.45, 2.75) is 39.2 Å². The summed E-state index contributed by atoms with van der Waals surface area (Å²) >= 11 is 1.83. The van der Waals surface area contributed by atoms with Crippen LogP contribution in [0.4, 0.5) is 0 Å². The van der Waals surface area contributed by atoms with Crippen LogP contribution in [0.2, 0.25) is 0 Å². The molecular weight excluding hydrogens is 216 g/mol. The number of thiophene rings is 1. The molecule has 0 aliphatic carbocycles. The van der Waals surface area contributed by atoms with Crippen LogP contribution in [0.5, 0.6) is 0 Å². The third-order valence-corrected chi connectivity index (χ3v) is 4.19. The van der Waals surface area contributed by atoms with Crippen molar-refractivity contribution >= 4 is 11.3 Å². The zero-order chi connectivity index (χ0) is 12.0. The first-order valence-electron chi connectivity index (χ1n) is 6.15. The van der Waals surface area contributed by atoms with E-state index in [1.807, 2.05) is 11.3 Å². The predicted octanol–water partition coefficient (Wildman–Crippen LogP) is 3.18. The smallest absolute Gasteiger partial charge is 0.0564 e. The van der Waals surface area contributed by atoms with E-state index in [-0.39, 0.29) is 0 Å². The van der Waals surface area contributed by atoms with Crippen LogP contribution in [0.25, 0.3) is 0 Å². The summed E-state index contributed by atoms with van der Waals surface area (Å²) in [6, 6.07) is 2.58. The molecule has 0 bridgehead atoms. The highest BCUT2D eigenvalue weighted by Gasteiger charge is 2.17. The van der Waals surface area contributed by atoms with Crippen molar-refractivity contribution in [1.82, 2.24) is 4.90 Å². The molecule has 1 heterocycles. The lowest BCUT2D eigenvalue weighted by atomic mass is 10.1. The summed E-state index contributed by atoms with van der Waals surface area (Å²) in [7, 11) is 2.19. The van der Waals surface area contributed by atoms with Gasteiger partial charge in [0.05, 0.1) is 6.04 Å². The lowest BCUT2D eigenvalue weighted by Gasteiger charge is -2.26. The SMILES string of the molecule is CCCCCN(C)C(CN)c1sccc1C. The van der Waals surface area contributed by atoms with Gasteiger partial charge in [-0.1, -0.05) is 19.8 Å². The van der Waals surface area contributed by atoms with E-state index in [1.54, 1.807) is 0 Å². The van der Waals surface area contributed by atoms with Crippen LogP contribution in [0.3, 0.4) is 0 Å². The number of rotatable bonds is 7. The molecule has 0 aliphatic rings. The van der Waals surface area contributed by atoms with Crippen LogP contribution in [-0.4, -0.2) is 25.0 Å². The first-order valence-corrected chi connectivity index (χ1v) is 7.03. The Hall–Kier alpha value is -0.380. The van der Waals surface area contributed by atoms with E-state index in [0.717, 1.165) is 6.54 Å². The van der Waals surface area contributed by atoms with E-state index < -0.39 is 0 Å². The second-order valence-corrected chi connectivity index (χ2v) is 5.35. The fraction of sp³-hybridized carbons (Fsp3) is 0.692. The van der Waals surface area contributed by atoms with Gasteiger partial charge in [-0.05, 0) is 43.9 Å². The molecule has 1 unspecified atom stereocenters. The first kappa shape index (κ1) is 13.7. The first-order chi connectivity index (χ1) is 7.70. The van der Waals surface area contributed by atoms with E-state index in [0.29, 0.717) is 12.6 Å². The van der Waals surface area contributed by atoms with E-state index in [4.69, 9.17) is 5.73 Å². The van der Waals surface area contributed by atoms with Gasteiger partial charge in [0.1, 0.15) is 0 Å². The zero-order valence-electron chi connectivity index (χ0n) is 10.7. The molecule has 1 rings (SSSR count). The van der Waals surface area contributed by atoms with Gasteiger partial charge < -0.3 is 5.73 Å². The molecule has 1 aromatic heterocycles. The molecule has 0 fully saturated rings. The molecule has 0 saturated carbocycles. The predicted molar refractivity (Wildman–Crippen MR) is 73.0 cm³/mol. The number of hydrogen-bond acceptors (Lipinski definition) is 3. The summed E-state index contributed by atoms with van der Waals surface area (Å²) in [6.45, 7) is 6.27. The highest BCUT2D eigenvalue weighted by atomic mass is 32.1. The average molecular weight is 240 g/mol. The van der Waals surface area contributed by atoms with Crippen LogP contribution >= 0.6 is 11.3 Å². The van der Waals surface area contributed by atoms with Crippen molar-refractivity contribution in [1.29, 1.82) is 0 Å². The molecule has 0 amide bonds. The Labute approximate surface area is 103 Å². The molecule has 92 valence electrons. The van der Waals surface area contributed by atoms with E-state index >= 15 is 0 Å². The maximum absolute atomic E-state index is 5.90. The van der Waals surface area contributed by atoms with Crippen LogP contribution < -0.4 is 5.73 Å². The summed E-state index contributed by atoms with van der Waals surface area (Å²) in [5.41, 5.74) is 7.28.